The van der Waals surface area contributed by atoms with E-state index in [1.807, 2.05) is 6.07 Å². The normalized spacial score (nSPS) is 22.9. The average molecular weight is 451 g/mol. The summed E-state index contributed by atoms with van der Waals surface area (Å²) in [7, 11) is -2.02. The van der Waals surface area contributed by atoms with E-state index in [-0.39, 0.29) is 24.5 Å². The summed E-state index contributed by atoms with van der Waals surface area (Å²) in [6, 6.07) is 13.4. The quantitative estimate of drug-likeness (QED) is 0.524. The van der Waals surface area contributed by atoms with Gasteiger partial charge in [0.15, 0.2) is 0 Å². The highest BCUT2D eigenvalue weighted by Gasteiger charge is 2.49. The lowest BCUT2D eigenvalue weighted by atomic mass is 10.00. The first-order valence-corrected chi connectivity index (χ1v) is 11.3. The average Bonchev–Trinajstić information content (AvgIpc) is 3.22. The topological polar surface area (TPSA) is 110 Å². The first-order valence-electron chi connectivity index (χ1n) is 9.46. The van der Waals surface area contributed by atoms with Crippen LogP contribution in [0.5, 0.6) is 0 Å². The molecule has 2 aromatic carbocycles. The number of likely N-dealkylation sites (N-methyl/N-ethyl adjacent to an activating group) is 1. The molecule has 0 radical (unpaired) electrons. The SMILES string of the molecule is CN(Cc1nc2ccc(Cl)cc2[nH]1)C[C@]1(O)CN(S(=O)(=O)c2ccccc2)C[C@H]1O. The molecular weight excluding hydrogens is 428 g/mol. The Labute approximate surface area is 179 Å². The van der Waals surface area contributed by atoms with Crippen molar-refractivity contribution in [1.82, 2.24) is 19.2 Å². The van der Waals surface area contributed by atoms with Crippen LogP contribution in [0.3, 0.4) is 0 Å². The molecule has 3 aromatic rings. The maximum atomic E-state index is 12.8. The highest BCUT2D eigenvalue weighted by molar-refractivity contribution is 7.89. The number of hydrogen-bond donors (Lipinski definition) is 3. The lowest BCUT2D eigenvalue weighted by Crippen LogP contribution is -2.50. The van der Waals surface area contributed by atoms with Crippen LogP contribution < -0.4 is 0 Å². The predicted octanol–water partition coefficient (Wildman–Crippen LogP) is 1.44. The molecule has 0 aliphatic carbocycles. The number of fused-ring (bicyclic) bond motifs is 1. The van der Waals surface area contributed by atoms with E-state index in [1.165, 1.54) is 12.1 Å². The molecular formula is C20H23ClN4O4S. The van der Waals surface area contributed by atoms with Gasteiger partial charge in [-0.3, -0.25) is 4.90 Å². The van der Waals surface area contributed by atoms with Crippen LogP contribution >= 0.6 is 11.6 Å². The minimum absolute atomic E-state index is 0.0762. The molecule has 8 nitrogen and oxygen atoms in total. The van der Waals surface area contributed by atoms with Crippen molar-refractivity contribution in [3.8, 4) is 0 Å². The number of imidazole rings is 1. The number of aliphatic hydroxyl groups is 2. The van der Waals surface area contributed by atoms with Gasteiger partial charge in [-0.05, 0) is 37.4 Å². The van der Waals surface area contributed by atoms with Gasteiger partial charge in [0.1, 0.15) is 11.4 Å². The van der Waals surface area contributed by atoms with Crippen LogP contribution in [0.15, 0.2) is 53.4 Å². The molecule has 30 heavy (non-hydrogen) atoms. The lowest BCUT2D eigenvalue weighted by molar-refractivity contribution is -0.0585. The summed E-state index contributed by atoms with van der Waals surface area (Å²) in [6.07, 6.45) is -1.20. The maximum Gasteiger partial charge on any atom is 0.243 e. The number of hydrogen-bond acceptors (Lipinski definition) is 6. The third-order valence-corrected chi connectivity index (χ3v) is 7.35. The van der Waals surface area contributed by atoms with E-state index in [0.29, 0.717) is 17.4 Å². The zero-order valence-electron chi connectivity index (χ0n) is 16.4. The molecule has 1 fully saturated rings. The Bertz CT molecular complexity index is 1150. The van der Waals surface area contributed by atoms with Crippen molar-refractivity contribution in [2.75, 3.05) is 26.7 Å². The van der Waals surface area contributed by atoms with Crippen LogP contribution in [-0.2, 0) is 16.6 Å². The second-order valence-electron chi connectivity index (χ2n) is 7.75. The summed E-state index contributed by atoms with van der Waals surface area (Å²) in [5.41, 5.74) is -0.000433. The van der Waals surface area contributed by atoms with Crippen LogP contribution in [-0.4, -0.2) is 76.2 Å². The fourth-order valence-corrected chi connectivity index (χ4v) is 5.51. The molecule has 1 aromatic heterocycles. The number of H-pyrrole nitrogens is 1. The van der Waals surface area contributed by atoms with Crippen molar-refractivity contribution in [3.63, 3.8) is 0 Å². The highest BCUT2D eigenvalue weighted by atomic mass is 35.5. The number of sulfonamides is 1. The number of rotatable bonds is 6. The van der Waals surface area contributed by atoms with E-state index < -0.39 is 21.7 Å². The van der Waals surface area contributed by atoms with Crippen molar-refractivity contribution in [1.29, 1.82) is 0 Å². The molecule has 10 heteroatoms. The number of β-amino-alcohol motifs (C(OH)–C–C–N with tert-alkyl or cyclic N) is 2. The molecule has 1 aliphatic heterocycles. The summed E-state index contributed by atoms with van der Waals surface area (Å²) >= 11 is 6.00. The molecule has 2 atom stereocenters. The largest absolute Gasteiger partial charge is 0.389 e. The first kappa shape index (κ1) is 21.2. The van der Waals surface area contributed by atoms with Gasteiger partial charge in [-0.15, -0.1) is 0 Å². The summed E-state index contributed by atoms with van der Waals surface area (Å²) in [5.74, 6) is 0.680. The number of aliphatic hydroxyl groups excluding tert-OH is 1. The fourth-order valence-electron chi connectivity index (χ4n) is 3.81. The molecule has 0 spiro atoms. The van der Waals surface area contributed by atoms with Crippen molar-refractivity contribution in [2.24, 2.45) is 0 Å². The number of halogens is 1. The summed E-state index contributed by atoms with van der Waals surface area (Å²) < 4.78 is 26.8. The van der Waals surface area contributed by atoms with Gasteiger partial charge in [-0.2, -0.15) is 4.31 Å². The monoisotopic (exact) mass is 450 g/mol. The number of aromatic amines is 1. The van der Waals surface area contributed by atoms with Crippen LogP contribution in [0.4, 0.5) is 0 Å². The smallest absolute Gasteiger partial charge is 0.243 e. The standard InChI is InChI=1S/C20H23ClN4O4S/c1-24(11-19-22-16-8-7-14(21)9-17(16)23-19)12-20(27)13-25(10-18(20)26)30(28,29)15-5-3-2-4-6-15/h2-9,18,26-27H,10-13H2,1H3,(H,22,23)/t18-,20+/m1/s1. The number of nitrogens with zero attached hydrogens (tertiary/aromatic N) is 3. The number of benzene rings is 2. The van der Waals surface area contributed by atoms with Gasteiger partial charge in [-0.25, -0.2) is 13.4 Å². The molecule has 0 bridgehead atoms. The predicted molar refractivity (Wildman–Crippen MR) is 114 cm³/mol. The molecule has 0 amide bonds. The van der Waals surface area contributed by atoms with E-state index in [0.717, 1.165) is 15.3 Å². The van der Waals surface area contributed by atoms with Gasteiger partial charge in [-0.1, -0.05) is 29.8 Å². The summed E-state index contributed by atoms with van der Waals surface area (Å²) in [6.45, 7) is 0.107. The molecule has 2 heterocycles. The Balaban J connectivity index is 1.46. The van der Waals surface area contributed by atoms with Crippen LogP contribution in [0, 0.1) is 0 Å². The van der Waals surface area contributed by atoms with Crippen molar-refractivity contribution in [2.45, 2.75) is 23.1 Å². The molecule has 160 valence electrons. The third kappa shape index (κ3) is 4.09. The highest BCUT2D eigenvalue weighted by Crippen LogP contribution is 2.28. The lowest BCUT2D eigenvalue weighted by Gasteiger charge is -2.30. The van der Waals surface area contributed by atoms with Crippen LogP contribution in [0.1, 0.15) is 5.82 Å². The molecule has 0 unspecified atom stereocenters. The molecule has 3 N–H and O–H groups in total. The van der Waals surface area contributed by atoms with Gasteiger partial charge >= 0.3 is 0 Å². The van der Waals surface area contributed by atoms with Crippen LogP contribution in [0.25, 0.3) is 11.0 Å². The zero-order chi connectivity index (χ0) is 21.5. The van der Waals surface area contributed by atoms with E-state index in [1.54, 1.807) is 42.3 Å². The minimum Gasteiger partial charge on any atom is -0.389 e. The second kappa shape index (κ2) is 7.92. The first-order chi connectivity index (χ1) is 14.2. The Kier molecular flexibility index (Phi) is 5.60. The van der Waals surface area contributed by atoms with E-state index in [9.17, 15) is 18.6 Å². The van der Waals surface area contributed by atoms with Crippen molar-refractivity contribution >= 4 is 32.7 Å². The van der Waals surface area contributed by atoms with Gasteiger partial charge < -0.3 is 15.2 Å². The van der Waals surface area contributed by atoms with Gasteiger partial charge in [0.05, 0.1) is 28.6 Å². The summed E-state index contributed by atoms with van der Waals surface area (Å²) in [4.78, 5) is 9.61. The Morgan fingerprint density at radius 3 is 2.77 bits per heavy atom. The molecule has 0 saturated carbocycles. The zero-order valence-corrected chi connectivity index (χ0v) is 17.9. The van der Waals surface area contributed by atoms with E-state index >= 15 is 0 Å². The van der Waals surface area contributed by atoms with Crippen LogP contribution in [0.2, 0.25) is 5.02 Å². The fraction of sp³-hybridized carbons (Fsp3) is 0.350. The molecule has 1 aliphatic rings. The minimum atomic E-state index is -3.79. The maximum absolute atomic E-state index is 12.8. The van der Waals surface area contributed by atoms with Crippen molar-refractivity contribution < 1.29 is 18.6 Å². The Morgan fingerprint density at radius 1 is 1.30 bits per heavy atom. The van der Waals surface area contributed by atoms with Gasteiger partial charge in [0.2, 0.25) is 10.0 Å². The number of nitrogens with one attached hydrogen (secondary N) is 1. The Hall–Kier alpha value is -2.01. The molecule has 1 saturated heterocycles. The third-order valence-electron chi connectivity index (χ3n) is 5.28. The number of aromatic nitrogens is 2. The van der Waals surface area contributed by atoms with E-state index in [4.69, 9.17) is 11.6 Å². The van der Waals surface area contributed by atoms with Crippen molar-refractivity contribution in [3.05, 3.63) is 59.4 Å². The van der Waals surface area contributed by atoms with Gasteiger partial charge in [0.25, 0.3) is 0 Å². The van der Waals surface area contributed by atoms with Gasteiger partial charge in [0, 0.05) is 24.7 Å². The summed E-state index contributed by atoms with van der Waals surface area (Å²) in [5, 5.41) is 22.1. The second-order valence-corrected chi connectivity index (χ2v) is 10.1. The van der Waals surface area contributed by atoms with E-state index in [2.05, 4.69) is 9.97 Å². The Morgan fingerprint density at radius 2 is 2.03 bits per heavy atom. The molecule has 4 rings (SSSR count).